The van der Waals surface area contributed by atoms with Crippen LogP contribution >= 0.6 is 11.8 Å². The zero-order chi connectivity index (χ0) is 19.5. The summed E-state index contributed by atoms with van der Waals surface area (Å²) in [4.78, 5) is 12.3. The minimum absolute atomic E-state index is 0.119. The molecule has 140 valence electrons. The van der Waals surface area contributed by atoms with Crippen LogP contribution in [0.15, 0.2) is 70.3 Å². The molecule has 0 aliphatic heterocycles. The summed E-state index contributed by atoms with van der Waals surface area (Å²) in [6.45, 7) is 4.10. The molecular formula is C22H19N3O2S. The van der Waals surface area contributed by atoms with Crippen LogP contribution in [0.25, 0.3) is 22.2 Å². The summed E-state index contributed by atoms with van der Waals surface area (Å²) in [6.07, 6.45) is 0. The molecule has 4 aromatic rings. The van der Waals surface area contributed by atoms with Crippen molar-refractivity contribution in [1.29, 1.82) is 0 Å². The minimum atomic E-state index is -0.119. The van der Waals surface area contributed by atoms with Crippen LogP contribution in [0.2, 0.25) is 0 Å². The number of thioether (sulfide) groups is 1. The van der Waals surface area contributed by atoms with Crippen LogP contribution in [0.5, 0.6) is 0 Å². The maximum atomic E-state index is 12.3. The molecule has 1 amide bonds. The molecule has 0 bridgehead atoms. The van der Waals surface area contributed by atoms with Gasteiger partial charge >= 0.3 is 0 Å². The van der Waals surface area contributed by atoms with Gasteiger partial charge in [0.05, 0.1) is 5.75 Å². The molecule has 0 unspecified atom stereocenters. The number of carbonyl (C=O) groups excluding carboxylic acids is 1. The molecule has 28 heavy (non-hydrogen) atoms. The second-order valence-corrected chi connectivity index (χ2v) is 7.50. The average Bonchev–Trinajstić information content (AvgIpc) is 3.17. The summed E-state index contributed by atoms with van der Waals surface area (Å²) in [5.74, 6) is 0.535. The third-order valence-electron chi connectivity index (χ3n) is 4.52. The number of hydrogen-bond donors (Lipinski definition) is 1. The van der Waals surface area contributed by atoms with Crippen molar-refractivity contribution in [3.63, 3.8) is 0 Å². The Bertz CT molecular complexity index is 1150. The Labute approximate surface area is 167 Å². The van der Waals surface area contributed by atoms with Crippen molar-refractivity contribution in [2.45, 2.75) is 19.1 Å². The second kappa shape index (κ2) is 7.86. The van der Waals surface area contributed by atoms with Gasteiger partial charge in [0.1, 0.15) is 0 Å². The predicted molar refractivity (Wildman–Crippen MR) is 113 cm³/mol. The molecule has 0 fully saturated rings. The molecular weight excluding hydrogens is 370 g/mol. The van der Waals surface area contributed by atoms with Crippen LogP contribution in [-0.2, 0) is 4.79 Å². The monoisotopic (exact) mass is 389 g/mol. The highest BCUT2D eigenvalue weighted by atomic mass is 32.2. The zero-order valence-corrected chi connectivity index (χ0v) is 16.4. The molecule has 0 atom stereocenters. The minimum Gasteiger partial charge on any atom is -0.411 e. The highest BCUT2D eigenvalue weighted by Gasteiger charge is 2.12. The first-order valence-electron chi connectivity index (χ1n) is 8.91. The molecule has 6 heteroatoms. The van der Waals surface area contributed by atoms with Crippen molar-refractivity contribution in [3.8, 4) is 11.5 Å². The summed E-state index contributed by atoms with van der Waals surface area (Å²) in [5.41, 5.74) is 4.02. The van der Waals surface area contributed by atoms with Gasteiger partial charge in [0.2, 0.25) is 11.8 Å². The number of amides is 1. The lowest BCUT2D eigenvalue weighted by atomic mass is 10.1. The number of benzene rings is 3. The van der Waals surface area contributed by atoms with Crippen molar-refractivity contribution in [1.82, 2.24) is 10.2 Å². The Morgan fingerprint density at radius 2 is 1.79 bits per heavy atom. The van der Waals surface area contributed by atoms with Gasteiger partial charge in [-0.25, -0.2) is 0 Å². The van der Waals surface area contributed by atoms with Gasteiger partial charge in [0, 0.05) is 11.3 Å². The third kappa shape index (κ3) is 4.07. The summed E-state index contributed by atoms with van der Waals surface area (Å²) in [7, 11) is 0. The van der Waals surface area contributed by atoms with Gasteiger partial charge in [-0.3, -0.25) is 4.79 Å². The van der Waals surface area contributed by atoms with Crippen LogP contribution in [-0.4, -0.2) is 21.9 Å². The van der Waals surface area contributed by atoms with Gasteiger partial charge in [0.15, 0.2) is 0 Å². The number of hydrogen-bond acceptors (Lipinski definition) is 5. The highest BCUT2D eigenvalue weighted by molar-refractivity contribution is 7.99. The number of nitrogens with one attached hydrogen (secondary N) is 1. The number of carbonyl (C=O) groups is 1. The van der Waals surface area contributed by atoms with Crippen molar-refractivity contribution in [3.05, 3.63) is 71.8 Å². The summed E-state index contributed by atoms with van der Waals surface area (Å²) < 4.78 is 5.68. The Morgan fingerprint density at radius 3 is 2.61 bits per heavy atom. The Kier molecular flexibility index (Phi) is 5.12. The van der Waals surface area contributed by atoms with E-state index in [1.54, 1.807) is 0 Å². The summed E-state index contributed by atoms with van der Waals surface area (Å²) in [6, 6.07) is 19.9. The molecule has 3 aromatic carbocycles. The first-order valence-corrected chi connectivity index (χ1v) is 9.89. The number of rotatable bonds is 5. The van der Waals surface area contributed by atoms with Crippen LogP contribution in [0.4, 0.5) is 5.69 Å². The van der Waals surface area contributed by atoms with Gasteiger partial charge in [-0.2, -0.15) is 0 Å². The zero-order valence-electron chi connectivity index (χ0n) is 15.6. The number of aryl methyl sites for hydroxylation is 2. The number of nitrogens with zero attached hydrogens (tertiary/aromatic N) is 2. The standard InChI is InChI=1S/C22H19N3O2S/c1-14-7-8-18(11-15(14)2)21-24-25-22(27-21)28-13-20(26)23-19-10-9-16-5-3-4-6-17(16)12-19/h3-12H,13H2,1-2H3,(H,23,26). The molecule has 0 saturated heterocycles. The fourth-order valence-corrected chi connectivity index (χ4v) is 3.41. The normalized spacial score (nSPS) is 10.9. The number of aromatic nitrogens is 2. The van der Waals surface area contributed by atoms with Crippen molar-refractivity contribution in [2.24, 2.45) is 0 Å². The fraction of sp³-hybridized carbons (Fsp3) is 0.136. The van der Waals surface area contributed by atoms with E-state index in [9.17, 15) is 4.79 Å². The molecule has 0 radical (unpaired) electrons. The van der Waals surface area contributed by atoms with Crippen LogP contribution < -0.4 is 5.32 Å². The van der Waals surface area contributed by atoms with E-state index in [2.05, 4.69) is 22.4 Å². The average molecular weight is 389 g/mol. The van der Waals surface area contributed by atoms with Gasteiger partial charge in [-0.05, 0) is 60.0 Å². The van der Waals surface area contributed by atoms with Gasteiger partial charge < -0.3 is 9.73 Å². The van der Waals surface area contributed by atoms with Crippen LogP contribution in [0.3, 0.4) is 0 Å². The van der Waals surface area contributed by atoms with Gasteiger partial charge in [0.25, 0.3) is 5.22 Å². The third-order valence-corrected chi connectivity index (χ3v) is 5.34. The molecule has 4 rings (SSSR count). The Morgan fingerprint density at radius 1 is 0.964 bits per heavy atom. The van der Waals surface area contributed by atoms with E-state index in [0.29, 0.717) is 11.1 Å². The molecule has 1 N–H and O–H groups in total. The molecule has 0 aliphatic carbocycles. The second-order valence-electron chi connectivity index (χ2n) is 6.57. The fourth-order valence-electron chi connectivity index (χ4n) is 2.85. The van der Waals surface area contributed by atoms with E-state index in [0.717, 1.165) is 22.0 Å². The SMILES string of the molecule is Cc1ccc(-c2nnc(SCC(=O)Nc3ccc4ccccc4c3)o2)cc1C. The Balaban J connectivity index is 1.38. The first kappa shape index (κ1) is 18.3. The van der Waals surface area contributed by atoms with E-state index in [-0.39, 0.29) is 11.7 Å². The molecule has 0 saturated carbocycles. The van der Waals surface area contributed by atoms with Crippen molar-refractivity contribution >= 4 is 34.1 Å². The van der Waals surface area contributed by atoms with Crippen molar-refractivity contribution in [2.75, 3.05) is 11.1 Å². The van der Waals surface area contributed by atoms with E-state index in [1.165, 1.54) is 22.9 Å². The lowest BCUT2D eigenvalue weighted by Crippen LogP contribution is -2.13. The lowest BCUT2D eigenvalue weighted by Gasteiger charge is -2.05. The molecule has 0 spiro atoms. The van der Waals surface area contributed by atoms with Crippen molar-refractivity contribution < 1.29 is 9.21 Å². The molecule has 1 aromatic heterocycles. The summed E-state index contributed by atoms with van der Waals surface area (Å²) >= 11 is 1.22. The first-order chi connectivity index (χ1) is 13.6. The largest absolute Gasteiger partial charge is 0.411 e. The van der Waals surface area contributed by atoms with Gasteiger partial charge in [-0.15, -0.1) is 10.2 Å². The predicted octanol–water partition coefficient (Wildman–Crippen LogP) is 5.24. The molecule has 1 heterocycles. The quantitative estimate of drug-likeness (QED) is 0.473. The van der Waals surface area contributed by atoms with Gasteiger partial charge in [-0.1, -0.05) is 48.2 Å². The number of anilines is 1. The Hall–Kier alpha value is -3.12. The molecule has 5 nitrogen and oxygen atoms in total. The van der Waals surface area contributed by atoms with Crippen LogP contribution in [0, 0.1) is 13.8 Å². The smallest absolute Gasteiger partial charge is 0.277 e. The van der Waals surface area contributed by atoms with E-state index < -0.39 is 0 Å². The lowest BCUT2D eigenvalue weighted by molar-refractivity contribution is -0.113. The summed E-state index contributed by atoms with van der Waals surface area (Å²) in [5, 5.41) is 13.6. The van der Waals surface area contributed by atoms with E-state index >= 15 is 0 Å². The van der Waals surface area contributed by atoms with E-state index in [1.807, 2.05) is 67.6 Å². The maximum Gasteiger partial charge on any atom is 0.277 e. The maximum absolute atomic E-state index is 12.3. The van der Waals surface area contributed by atoms with Crippen LogP contribution in [0.1, 0.15) is 11.1 Å². The highest BCUT2D eigenvalue weighted by Crippen LogP contribution is 2.25. The topological polar surface area (TPSA) is 68.0 Å². The molecule has 0 aliphatic rings. The van der Waals surface area contributed by atoms with E-state index in [4.69, 9.17) is 4.42 Å². The number of fused-ring (bicyclic) bond motifs is 1.